The second kappa shape index (κ2) is 8.85. The average Bonchev–Trinajstić information content (AvgIpc) is 2.78. The number of anilines is 1. The highest BCUT2D eigenvalue weighted by Gasteiger charge is 2.21. The number of rotatable bonds is 5. The van der Waals surface area contributed by atoms with Gasteiger partial charge in [0.05, 0.1) is 12.1 Å². The van der Waals surface area contributed by atoms with E-state index in [1.165, 1.54) is 12.1 Å². The molecule has 0 fully saturated rings. The van der Waals surface area contributed by atoms with Crippen molar-refractivity contribution in [3.8, 4) is 22.6 Å². The molecule has 0 saturated heterocycles. The molecule has 0 aliphatic rings. The van der Waals surface area contributed by atoms with E-state index in [0.717, 1.165) is 22.8 Å². The summed E-state index contributed by atoms with van der Waals surface area (Å²) in [7, 11) is 0. The Morgan fingerprint density at radius 1 is 0.935 bits per heavy atom. The number of benzene rings is 2. The van der Waals surface area contributed by atoms with E-state index in [2.05, 4.69) is 9.97 Å². The van der Waals surface area contributed by atoms with Crippen LogP contribution in [0.2, 0.25) is 5.15 Å². The smallest absolute Gasteiger partial charge is 0.262 e. The number of hydrogen-bond acceptors (Lipinski definition) is 5. The van der Waals surface area contributed by atoms with Crippen LogP contribution < -0.4 is 4.90 Å². The summed E-state index contributed by atoms with van der Waals surface area (Å²) in [6.07, 6.45) is 5.03. The zero-order valence-corrected chi connectivity index (χ0v) is 17.1. The maximum Gasteiger partial charge on any atom is 0.262 e. The molecule has 31 heavy (non-hydrogen) atoms. The summed E-state index contributed by atoms with van der Waals surface area (Å²) in [5, 5.41) is 20.2. The van der Waals surface area contributed by atoms with Crippen LogP contribution in [0.25, 0.3) is 11.1 Å². The minimum absolute atomic E-state index is 0.0904. The summed E-state index contributed by atoms with van der Waals surface area (Å²) >= 11 is 5.86. The van der Waals surface area contributed by atoms with Crippen LogP contribution in [0.5, 0.6) is 11.5 Å². The van der Waals surface area contributed by atoms with E-state index in [1.54, 1.807) is 35.6 Å². The van der Waals surface area contributed by atoms with E-state index in [9.17, 15) is 15.0 Å². The molecule has 1 amide bonds. The average molecular weight is 432 g/mol. The van der Waals surface area contributed by atoms with E-state index >= 15 is 0 Å². The van der Waals surface area contributed by atoms with Crippen molar-refractivity contribution in [3.05, 3.63) is 102 Å². The number of carbonyl (C=O) groups excluding carboxylic acids is 1. The quantitative estimate of drug-likeness (QED) is 0.431. The van der Waals surface area contributed by atoms with E-state index in [0.29, 0.717) is 10.8 Å². The molecular weight excluding hydrogens is 414 g/mol. The zero-order valence-electron chi connectivity index (χ0n) is 16.3. The van der Waals surface area contributed by atoms with Crippen molar-refractivity contribution in [3.63, 3.8) is 0 Å². The number of nitrogens with zero attached hydrogens (tertiary/aromatic N) is 3. The van der Waals surface area contributed by atoms with Crippen LogP contribution in [0.15, 0.2) is 85.3 Å². The lowest BCUT2D eigenvalue weighted by atomic mass is 10.1. The first kappa shape index (κ1) is 20.4. The standard InChI is InChI=1S/C24H18ClN3O3/c25-23-10-5-18(14-27-23)17-3-6-19(7-4-17)28(15-16-2-1-11-26-13-16)24(31)21-9-8-20(29)12-22(21)30/h1-14,29-30H,15H2. The van der Waals surface area contributed by atoms with E-state index < -0.39 is 5.91 Å². The van der Waals surface area contributed by atoms with Gasteiger partial charge in [-0.25, -0.2) is 4.98 Å². The molecule has 0 atom stereocenters. The van der Waals surface area contributed by atoms with E-state index in [1.807, 2.05) is 36.4 Å². The minimum atomic E-state index is -0.401. The number of aromatic hydroxyl groups is 2. The predicted octanol–water partition coefficient (Wildman–Crippen LogP) is 5.06. The molecule has 0 radical (unpaired) electrons. The highest BCUT2D eigenvalue weighted by molar-refractivity contribution is 6.29. The summed E-state index contributed by atoms with van der Waals surface area (Å²) in [6.45, 7) is 0.259. The molecule has 2 aromatic carbocycles. The van der Waals surface area contributed by atoms with Gasteiger partial charge in [-0.2, -0.15) is 0 Å². The Morgan fingerprint density at radius 3 is 2.35 bits per heavy atom. The molecule has 7 heteroatoms. The fraction of sp³-hybridized carbons (Fsp3) is 0.0417. The number of pyridine rings is 2. The molecule has 0 aliphatic heterocycles. The second-order valence-electron chi connectivity index (χ2n) is 6.87. The lowest BCUT2D eigenvalue weighted by Crippen LogP contribution is -2.30. The third-order valence-electron chi connectivity index (χ3n) is 4.76. The van der Waals surface area contributed by atoms with Crippen molar-refractivity contribution in [1.82, 2.24) is 9.97 Å². The molecule has 2 heterocycles. The Labute approximate surface area is 184 Å². The SMILES string of the molecule is O=C(c1ccc(O)cc1O)N(Cc1cccnc1)c1ccc(-c2ccc(Cl)nc2)cc1. The van der Waals surface area contributed by atoms with Gasteiger partial charge in [-0.3, -0.25) is 9.78 Å². The van der Waals surface area contributed by atoms with Crippen molar-refractivity contribution < 1.29 is 15.0 Å². The molecule has 2 aromatic heterocycles. The third-order valence-corrected chi connectivity index (χ3v) is 4.98. The Kier molecular flexibility index (Phi) is 5.82. The lowest BCUT2D eigenvalue weighted by Gasteiger charge is -2.24. The molecular formula is C24H18ClN3O3. The maximum absolute atomic E-state index is 13.3. The Morgan fingerprint density at radius 2 is 1.71 bits per heavy atom. The first-order valence-corrected chi connectivity index (χ1v) is 9.84. The summed E-state index contributed by atoms with van der Waals surface area (Å²) in [5.74, 6) is -0.805. The molecule has 0 spiro atoms. The second-order valence-corrected chi connectivity index (χ2v) is 7.26. The Hall–Kier alpha value is -3.90. The van der Waals surface area contributed by atoms with E-state index in [-0.39, 0.29) is 23.6 Å². The first-order valence-electron chi connectivity index (χ1n) is 9.46. The van der Waals surface area contributed by atoms with Gasteiger partial charge in [0.2, 0.25) is 0 Å². The number of hydrogen-bond donors (Lipinski definition) is 2. The van der Waals surface area contributed by atoms with Gasteiger partial charge >= 0.3 is 0 Å². The molecule has 0 unspecified atom stereocenters. The lowest BCUT2D eigenvalue weighted by molar-refractivity contribution is 0.0982. The molecule has 154 valence electrons. The van der Waals surface area contributed by atoms with Crippen molar-refractivity contribution in [1.29, 1.82) is 0 Å². The van der Waals surface area contributed by atoms with E-state index in [4.69, 9.17) is 11.6 Å². The van der Waals surface area contributed by atoms with Gasteiger partial charge < -0.3 is 15.1 Å². The number of aromatic nitrogens is 2. The Balaban J connectivity index is 1.69. The van der Waals surface area contributed by atoms with Gasteiger partial charge in [0.15, 0.2) is 0 Å². The van der Waals surface area contributed by atoms with Crippen LogP contribution in [-0.4, -0.2) is 26.1 Å². The van der Waals surface area contributed by atoms with Crippen LogP contribution in [0, 0.1) is 0 Å². The molecule has 0 bridgehead atoms. The number of carbonyl (C=O) groups is 1. The first-order chi connectivity index (χ1) is 15.0. The number of phenols is 2. The van der Waals surface area contributed by atoms with Gasteiger partial charge in [-0.05, 0) is 53.6 Å². The topological polar surface area (TPSA) is 86.5 Å². The van der Waals surface area contributed by atoms with Crippen LogP contribution in [-0.2, 0) is 6.54 Å². The highest BCUT2D eigenvalue weighted by Crippen LogP contribution is 2.29. The molecule has 2 N–H and O–H groups in total. The van der Waals surface area contributed by atoms with Crippen LogP contribution >= 0.6 is 11.6 Å². The number of phenolic OH excluding ortho intramolecular Hbond substituents is 2. The molecule has 6 nitrogen and oxygen atoms in total. The largest absolute Gasteiger partial charge is 0.508 e. The van der Waals surface area contributed by atoms with Crippen molar-refractivity contribution in [2.75, 3.05) is 4.90 Å². The summed E-state index contributed by atoms with van der Waals surface area (Å²) in [5.41, 5.74) is 3.39. The van der Waals surface area contributed by atoms with Crippen LogP contribution in [0.3, 0.4) is 0 Å². The number of halogens is 1. The normalized spacial score (nSPS) is 10.6. The predicted molar refractivity (Wildman–Crippen MR) is 119 cm³/mol. The van der Waals surface area contributed by atoms with Crippen molar-refractivity contribution >= 4 is 23.2 Å². The van der Waals surface area contributed by atoms with Gasteiger partial charge in [0, 0.05) is 35.9 Å². The summed E-state index contributed by atoms with van der Waals surface area (Å²) < 4.78 is 0. The fourth-order valence-electron chi connectivity index (χ4n) is 3.18. The summed E-state index contributed by atoms with van der Waals surface area (Å²) in [4.78, 5) is 23.1. The minimum Gasteiger partial charge on any atom is -0.508 e. The molecule has 0 aliphatic carbocycles. The zero-order chi connectivity index (χ0) is 21.8. The molecule has 0 saturated carbocycles. The highest BCUT2D eigenvalue weighted by atomic mass is 35.5. The van der Waals surface area contributed by atoms with Crippen molar-refractivity contribution in [2.45, 2.75) is 6.54 Å². The van der Waals surface area contributed by atoms with Gasteiger partial charge in [0.1, 0.15) is 16.7 Å². The molecule has 4 rings (SSSR count). The number of amides is 1. The monoisotopic (exact) mass is 431 g/mol. The van der Waals surface area contributed by atoms with Crippen LogP contribution in [0.1, 0.15) is 15.9 Å². The molecule has 4 aromatic rings. The van der Waals surface area contributed by atoms with Gasteiger partial charge in [0.25, 0.3) is 5.91 Å². The fourth-order valence-corrected chi connectivity index (χ4v) is 3.29. The van der Waals surface area contributed by atoms with Crippen molar-refractivity contribution in [2.24, 2.45) is 0 Å². The van der Waals surface area contributed by atoms with Crippen LogP contribution in [0.4, 0.5) is 5.69 Å². The summed E-state index contributed by atoms with van der Waals surface area (Å²) in [6, 6.07) is 18.6. The third kappa shape index (κ3) is 4.65. The Bertz CT molecular complexity index is 1200. The maximum atomic E-state index is 13.3. The van der Waals surface area contributed by atoms with Gasteiger partial charge in [-0.15, -0.1) is 0 Å². The van der Waals surface area contributed by atoms with Gasteiger partial charge in [-0.1, -0.05) is 29.8 Å².